The van der Waals surface area contributed by atoms with E-state index in [1.165, 1.54) is 0 Å². The number of hydrogen-bond donors (Lipinski definition) is 1. The molecule has 0 bridgehead atoms. The minimum atomic E-state index is 0.723. The predicted octanol–water partition coefficient (Wildman–Crippen LogP) is 1.58. The summed E-state index contributed by atoms with van der Waals surface area (Å²) in [6, 6.07) is 1.93. The van der Waals surface area contributed by atoms with Crippen molar-refractivity contribution in [2.75, 3.05) is 0 Å². The minimum Gasteiger partial charge on any atom is -0.460 e. The van der Waals surface area contributed by atoms with E-state index < -0.39 is 0 Å². The van der Waals surface area contributed by atoms with Crippen LogP contribution in [0.4, 0.5) is 0 Å². The molecule has 1 aromatic heterocycles. The van der Waals surface area contributed by atoms with Gasteiger partial charge < -0.3 is 10.3 Å². The first-order valence-corrected chi connectivity index (χ1v) is 3.47. The summed E-state index contributed by atoms with van der Waals surface area (Å²) < 4.78 is 5.36. The zero-order valence-electron chi connectivity index (χ0n) is 7.01. The summed E-state index contributed by atoms with van der Waals surface area (Å²) in [4.78, 5) is 0. The summed E-state index contributed by atoms with van der Waals surface area (Å²) >= 11 is 0. The molecule has 1 aromatic rings. The van der Waals surface area contributed by atoms with Crippen molar-refractivity contribution < 1.29 is 4.42 Å². The van der Waals surface area contributed by atoms with Gasteiger partial charge in [0.15, 0.2) is 0 Å². The van der Waals surface area contributed by atoms with E-state index in [1.807, 2.05) is 26.8 Å². The van der Waals surface area contributed by atoms with Crippen molar-refractivity contribution in [2.24, 2.45) is 10.9 Å². The molecule has 0 amide bonds. The molecule has 3 nitrogen and oxygen atoms in total. The van der Waals surface area contributed by atoms with E-state index in [2.05, 4.69) is 5.10 Å². The zero-order chi connectivity index (χ0) is 8.43. The number of rotatable bonds is 1. The second kappa shape index (κ2) is 2.78. The fourth-order valence-electron chi connectivity index (χ4n) is 0.815. The van der Waals surface area contributed by atoms with E-state index in [-0.39, 0.29) is 0 Å². The molecule has 2 N–H and O–H groups in total. The van der Waals surface area contributed by atoms with Gasteiger partial charge in [0, 0.05) is 0 Å². The second-order valence-corrected chi connectivity index (χ2v) is 2.56. The summed E-state index contributed by atoms with van der Waals surface area (Å²) in [5, 5.41) is 3.54. The van der Waals surface area contributed by atoms with Gasteiger partial charge >= 0.3 is 0 Å². The second-order valence-electron chi connectivity index (χ2n) is 2.56. The van der Waals surface area contributed by atoms with Crippen molar-refractivity contribution >= 4 is 5.71 Å². The Morgan fingerprint density at radius 1 is 1.55 bits per heavy atom. The number of aryl methyl sites for hydroxylation is 2. The molecule has 0 unspecified atom stereocenters. The monoisotopic (exact) mass is 152 g/mol. The van der Waals surface area contributed by atoms with Crippen molar-refractivity contribution in [3.05, 3.63) is 23.2 Å². The van der Waals surface area contributed by atoms with Crippen LogP contribution in [0.5, 0.6) is 0 Å². The van der Waals surface area contributed by atoms with Crippen LogP contribution in [0.1, 0.15) is 24.0 Å². The zero-order valence-corrected chi connectivity index (χ0v) is 7.01. The molecule has 0 spiro atoms. The molecule has 0 saturated heterocycles. The highest BCUT2D eigenvalue weighted by molar-refractivity contribution is 5.96. The predicted molar refractivity (Wildman–Crippen MR) is 44.6 cm³/mol. The third-order valence-corrected chi connectivity index (χ3v) is 1.72. The van der Waals surface area contributed by atoms with Gasteiger partial charge in [0.25, 0.3) is 0 Å². The van der Waals surface area contributed by atoms with Gasteiger partial charge in [-0.25, -0.2) is 0 Å². The maximum atomic E-state index is 5.36. The van der Waals surface area contributed by atoms with Crippen molar-refractivity contribution in [3.8, 4) is 0 Å². The van der Waals surface area contributed by atoms with E-state index in [0.29, 0.717) is 0 Å². The molecule has 1 rings (SSSR count). The average Bonchev–Trinajstić information content (AvgIpc) is 2.31. The first-order chi connectivity index (χ1) is 5.15. The summed E-state index contributed by atoms with van der Waals surface area (Å²) in [6.45, 7) is 5.73. The fourth-order valence-corrected chi connectivity index (χ4v) is 0.815. The van der Waals surface area contributed by atoms with Gasteiger partial charge in [-0.15, -0.1) is 0 Å². The van der Waals surface area contributed by atoms with E-state index >= 15 is 0 Å². The molecule has 11 heavy (non-hydrogen) atoms. The van der Waals surface area contributed by atoms with Crippen molar-refractivity contribution in [1.82, 2.24) is 0 Å². The van der Waals surface area contributed by atoms with Crippen molar-refractivity contribution in [1.29, 1.82) is 0 Å². The number of hydrogen-bond acceptors (Lipinski definition) is 3. The van der Waals surface area contributed by atoms with E-state index in [0.717, 1.165) is 22.8 Å². The SMILES string of the molecule is C/C(=N\N)c1cc(C)c(C)o1. The van der Waals surface area contributed by atoms with Crippen LogP contribution in [0.25, 0.3) is 0 Å². The van der Waals surface area contributed by atoms with Crippen LogP contribution in [0.15, 0.2) is 15.6 Å². The Labute approximate surface area is 65.9 Å². The minimum absolute atomic E-state index is 0.723. The summed E-state index contributed by atoms with van der Waals surface area (Å²) in [5.74, 6) is 6.76. The van der Waals surface area contributed by atoms with E-state index in [1.54, 1.807) is 0 Å². The Morgan fingerprint density at radius 2 is 2.18 bits per heavy atom. The van der Waals surface area contributed by atoms with E-state index in [4.69, 9.17) is 10.3 Å². The number of furan rings is 1. The Balaban J connectivity index is 3.07. The Kier molecular flexibility index (Phi) is 1.98. The lowest BCUT2D eigenvalue weighted by molar-refractivity contribution is 0.523. The lowest BCUT2D eigenvalue weighted by Gasteiger charge is -1.89. The summed E-state index contributed by atoms with van der Waals surface area (Å²) in [7, 11) is 0. The third-order valence-electron chi connectivity index (χ3n) is 1.72. The molecule has 0 aliphatic rings. The van der Waals surface area contributed by atoms with Crippen LogP contribution in [-0.2, 0) is 0 Å². The van der Waals surface area contributed by atoms with Crippen LogP contribution >= 0.6 is 0 Å². The normalized spacial score (nSPS) is 12.1. The fraction of sp³-hybridized carbons (Fsp3) is 0.375. The van der Waals surface area contributed by atoms with Gasteiger partial charge in [-0.05, 0) is 32.4 Å². The molecule has 0 aliphatic carbocycles. The van der Waals surface area contributed by atoms with Gasteiger partial charge in [0.05, 0.1) is 5.71 Å². The number of nitrogens with two attached hydrogens (primary N) is 1. The first kappa shape index (κ1) is 7.85. The highest BCUT2D eigenvalue weighted by Gasteiger charge is 2.04. The molecular weight excluding hydrogens is 140 g/mol. The van der Waals surface area contributed by atoms with Crippen LogP contribution in [0.3, 0.4) is 0 Å². The molecule has 0 fully saturated rings. The van der Waals surface area contributed by atoms with Gasteiger partial charge in [-0.2, -0.15) is 5.10 Å². The maximum Gasteiger partial charge on any atom is 0.150 e. The summed E-state index contributed by atoms with van der Waals surface area (Å²) in [5.41, 5.74) is 1.85. The topological polar surface area (TPSA) is 51.5 Å². The van der Waals surface area contributed by atoms with Gasteiger partial charge in [-0.1, -0.05) is 0 Å². The van der Waals surface area contributed by atoms with Gasteiger partial charge in [-0.3, -0.25) is 0 Å². The number of nitrogens with zero attached hydrogens (tertiary/aromatic N) is 1. The molecule has 1 heterocycles. The molecule has 0 atom stereocenters. The molecule has 0 saturated carbocycles. The highest BCUT2D eigenvalue weighted by Crippen LogP contribution is 2.13. The van der Waals surface area contributed by atoms with Crippen LogP contribution in [0, 0.1) is 13.8 Å². The molecular formula is C8H12N2O. The molecule has 0 radical (unpaired) electrons. The standard InChI is InChI=1S/C8H12N2O/c1-5-4-8(6(2)10-9)11-7(5)3/h4H,9H2,1-3H3/b10-6+. The van der Waals surface area contributed by atoms with Gasteiger partial charge in [0.1, 0.15) is 11.5 Å². The molecule has 0 aliphatic heterocycles. The first-order valence-electron chi connectivity index (χ1n) is 3.47. The highest BCUT2D eigenvalue weighted by atomic mass is 16.3. The quantitative estimate of drug-likeness (QED) is 0.377. The lowest BCUT2D eigenvalue weighted by atomic mass is 10.2. The van der Waals surface area contributed by atoms with Crippen LogP contribution in [-0.4, -0.2) is 5.71 Å². The molecule has 3 heteroatoms. The average molecular weight is 152 g/mol. The van der Waals surface area contributed by atoms with Crippen LogP contribution < -0.4 is 5.84 Å². The molecule has 60 valence electrons. The maximum absolute atomic E-state index is 5.36. The Bertz CT molecular complexity index is 267. The Morgan fingerprint density at radius 3 is 2.55 bits per heavy atom. The smallest absolute Gasteiger partial charge is 0.150 e. The molecule has 0 aromatic carbocycles. The van der Waals surface area contributed by atoms with Gasteiger partial charge in [0.2, 0.25) is 0 Å². The van der Waals surface area contributed by atoms with Crippen molar-refractivity contribution in [2.45, 2.75) is 20.8 Å². The van der Waals surface area contributed by atoms with Crippen molar-refractivity contribution in [3.63, 3.8) is 0 Å². The van der Waals surface area contributed by atoms with Crippen LogP contribution in [0.2, 0.25) is 0 Å². The van der Waals surface area contributed by atoms with E-state index in [9.17, 15) is 0 Å². The third kappa shape index (κ3) is 1.42. The largest absolute Gasteiger partial charge is 0.460 e. The number of hydrazone groups is 1. The lowest BCUT2D eigenvalue weighted by Crippen LogP contribution is -1.95. The Hall–Kier alpha value is -1.25. The summed E-state index contributed by atoms with van der Waals surface area (Å²) in [6.07, 6.45) is 0.